The number of benzene rings is 4. The zero-order valence-corrected chi connectivity index (χ0v) is 39.4. The monoisotopic (exact) mass is 1010 g/mol. The highest BCUT2D eigenvalue weighted by atomic mass is 79.9. The molecule has 8 rings (SSSR count). The van der Waals surface area contributed by atoms with E-state index < -0.39 is 52.5 Å². The van der Waals surface area contributed by atoms with Crippen molar-refractivity contribution in [3.05, 3.63) is 125 Å². The Kier molecular flexibility index (Phi) is 14.0. The molecule has 1 aliphatic rings. The molecule has 0 saturated carbocycles. The van der Waals surface area contributed by atoms with Crippen molar-refractivity contribution >= 4 is 89.0 Å². The number of amides is 1. The van der Waals surface area contributed by atoms with Gasteiger partial charge in [0.15, 0.2) is 42.0 Å². The predicted molar refractivity (Wildman–Crippen MR) is 250 cm³/mol. The number of hydrogen-bond acceptors (Lipinski definition) is 16. The first-order valence-corrected chi connectivity index (χ1v) is 23.3. The van der Waals surface area contributed by atoms with Crippen LogP contribution in [-0.4, -0.2) is 93.9 Å². The number of carbonyl (C=O) groups excluding carboxylic acids is 4. The van der Waals surface area contributed by atoms with Gasteiger partial charge in [-0.2, -0.15) is 9.97 Å². The third kappa shape index (κ3) is 10.7. The summed E-state index contributed by atoms with van der Waals surface area (Å²) in [5.41, 5.74) is 3.60. The first-order chi connectivity index (χ1) is 32.6. The summed E-state index contributed by atoms with van der Waals surface area (Å²) in [5.74, 6) is -1.75. The second-order valence-corrected chi connectivity index (χ2v) is 18.3. The number of aryl methyl sites for hydroxylation is 1. The molecule has 4 aromatic carbocycles. The quantitative estimate of drug-likeness (QED) is 0.0706. The van der Waals surface area contributed by atoms with Crippen LogP contribution in [0.2, 0.25) is 0 Å². The molecule has 3 aromatic heterocycles. The van der Waals surface area contributed by atoms with E-state index in [1.54, 1.807) is 72.9 Å². The van der Waals surface area contributed by atoms with Gasteiger partial charge in [-0.15, -0.1) is 0 Å². The van der Waals surface area contributed by atoms with Crippen molar-refractivity contribution in [2.75, 3.05) is 30.5 Å². The number of ether oxygens (including phenoxy) is 6. The number of imidazole rings is 1. The molecule has 1 aliphatic heterocycles. The lowest BCUT2D eigenvalue weighted by Crippen LogP contribution is -2.40. The van der Waals surface area contributed by atoms with Crippen molar-refractivity contribution in [3.63, 3.8) is 0 Å². The maximum Gasteiger partial charge on any atom is 0.320 e. The number of hydrogen-bond donors (Lipinski definition) is 2. The van der Waals surface area contributed by atoms with E-state index >= 15 is 0 Å². The summed E-state index contributed by atoms with van der Waals surface area (Å²) in [7, 11) is -3.99. The summed E-state index contributed by atoms with van der Waals surface area (Å²) in [6, 6.07) is 27.6. The van der Waals surface area contributed by atoms with Gasteiger partial charge < -0.3 is 39.1 Å². The summed E-state index contributed by atoms with van der Waals surface area (Å²) in [5, 5.41) is 6.70. The van der Waals surface area contributed by atoms with Crippen molar-refractivity contribution in [2.45, 2.75) is 63.6 Å². The molecule has 2 N–H and O–H groups in total. The van der Waals surface area contributed by atoms with E-state index in [9.17, 15) is 27.6 Å². The van der Waals surface area contributed by atoms with Crippen LogP contribution >= 0.6 is 15.9 Å². The number of rotatable bonds is 17. The fourth-order valence-corrected chi connectivity index (χ4v) is 9.24. The summed E-state index contributed by atoms with van der Waals surface area (Å²) >= 11 is 3.48. The molecule has 7 aromatic rings. The Morgan fingerprint density at radius 3 is 2.25 bits per heavy atom. The smallest absolute Gasteiger partial charge is 0.320 e. The zero-order valence-electron chi connectivity index (χ0n) is 37.0. The van der Waals surface area contributed by atoms with E-state index in [0.717, 1.165) is 5.56 Å². The van der Waals surface area contributed by atoms with Crippen LogP contribution < -0.4 is 20.1 Å². The number of nitrogens with zero attached hydrogens (tertiary/aromatic N) is 5. The number of aromatic nitrogens is 5. The summed E-state index contributed by atoms with van der Waals surface area (Å²) in [6.45, 7) is 4.88. The number of fused-ring (bicyclic) bond motifs is 2. The molecule has 4 atom stereocenters. The lowest BCUT2D eigenvalue weighted by atomic mass is 10.1. The van der Waals surface area contributed by atoms with Gasteiger partial charge in [-0.1, -0.05) is 57.9 Å². The van der Waals surface area contributed by atoms with Crippen LogP contribution in [-0.2, 0) is 54.6 Å². The Morgan fingerprint density at radius 2 is 1.54 bits per heavy atom. The molecular formula is C47H44BrN7O12S. The first kappa shape index (κ1) is 47.1. The Hall–Kier alpha value is -7.36. The second-order valence-electron chi connectivity index (χ2n) is 15.6. The van der Waals surface area contributed by atoms with E-state index in [4.69, 9.17) is 33.4 Å². The molecule has 4 heterocycles. The molecule has 0 spiro atoms. The SMILES string of the molecule is CC(=O)OC[C@H]1O[C@@H](n2cnc3c(Nc4ccc(OCC(=O)Nc5ccccc5)cc4)nc(OCCc4cn(S(=O)(=O)c5ccc(C)cc5)c5cc(Br)ccc45)nc32)[C@H](OC(C)=O)[C@@H]1OC(C)=O. The third-order valence-electron chi connectivity index (χ3n) is 10.6. The van der Waals surface area contributed by atoms with Crippen molar-refractivity contribution < 1.29 is 56.0 Å². The van der Waals surface area contributed by atoms with Crippen molar-refractivity contribution in [2.24, 2.45) is 0 Å². The lowest BCUT2D eigenvalue weighted by Gasteiger charge is -2.23. The molecular weight excluding hydrogens is 967 g/mol. The van der Waals surface area contributed by atoms with Crippen molar-refractivity contribution in [1.29, 1.82) is 0 Å². The minimum Gasteiger partial charge on any atom is -0.484 e. The van der Waals surface area contributed by atoms with Crippen LogP contribution in [0.3, 0.4) is 0 Å². The normalized spacial score (nSPS) is 16.8. The Bertz CT molecular complexity index is 3110. The van der Waals surface area contributed by atoms with Gasteiger partial charge in [0.25, 0.3) is 15.9 Å². The predicted octanol–water partition coefficient (Wildman–Crippen LogP) is 6.80. The van der Waals surface area contributed by atoms with E-state index in [1.807, 2.05) is 37.3 Å². The average molecular weight is 1010 g/mol. The molecule has 0 bridgehead atoms. The number of halogens is 1. The standard InChI is InChI=1S/C47H44BrN7O12S/c1-27-10-17-36(18-11-27)68(60,61)55-23-31(37-19-12-32(48)22-38(37)55)20-21-62-47-52-44(51-34-13-15-35(16-14-34)64-25-40(59)50-33-8-6-5-7-9-33)41-45(53-47)54(26-49-41)46-43(66-30(4)58)42(65-29(3)57)39(67-46)24-63-28(2)56/h5-19,22-23,26,39,42-43,46H,20-21,24-25H2,1-4H3,(H,50,59)(H,51,52,53)/t39-,42-,43-,46-/m1/s1. The van der Waals surface area contributed by atoms with Gasteiger partial charge in [-0.3, -0.25) is 23.7 Å². The van der Waals surface area contributed by atoms with Crippen LogP contribution in [0.25, 0.3) is 22.1 Å². The molecule has 68 heavy (non-hydrogen) atoms. The van der Waals surface area contributed by atoms with Gasteiger partial charge in [0.2, 0.25) is 0 Å². The molecule has 0 unspecified atom stereocenters. The molecule has 19 nitrogen and oxygen atoms in total. The van der Waals surface area contributed by atoms with Gasteiger partial charge in [-0.05, 0) is 73.2 Å². The maximum atomic E-state index is 14.0. The fraction of sp³-hybridized carbons (Fsp3) is 0.255. The average Bonchev–Trinajstić information content (AvgIpc) is 3.99. The van der Waals surface area contributed by atoms with Crippen molar-refractivity contribution in [3.8, 4) is 11.8 Å². The van der Waals surface area contributed by atoms with E-state index in [-0.39, 0.29) is 60.0 Å². The molecule has 21 heteroatoms. The third-order valence-corrected chi connectivity index (χ3v) is 12.7. The van der Waals surface area contributed by atoms with Gasteiger partial charge >= 0.3 is 23.9 Å². The number of anilines is 3. The number of nitrogens with one attached hydrogen (secondary N) is 2. The van der Waals surface area contributed by atoms with Crippen LogP contribution in [0.1, 0.15) is 38.1 Å². The van der Waals surface area contributed by atoms with E-state index in [2.05, 4.69) is 36.5 Å². The van der Waals surface area contributed by atoms with Crippen LogP contribution in [0.5, 0.6) is 11.8 Å². The molecule has 0 aliphatic carbocycles. The number of esters is 3. The Morgan fingerprint density at radius 1 is 0.824 bits per heavy atom. The second kappa shape index (κ2) is 20.2. The molecule has 0 radical (unpaired) electrons. The minimum absolute atomic E-state index is 0.0162. The van der Waals surface area contributed by atoms with E-state index in [1.165, 1.54) is 35.6 Å². The molecule has 1 fully saturated rings. The topological polar surface area (TPSA) is 230 Å². The number of para-hydroxylation sites is 1. The summed E-state index contributed by atoms with van der Waals surface area (Å²) in [6.07, 6.45) is -1.54. The Balaban J connectivity index is 1.10. The highest BCUT2D eigenvalue weighted by Gasteiger charge is 2.51. The molecule has 352 valence electrons. The lowest BCUT2D eigenvalue weighted by molar-refractivity contribution is -0.166. The zero-order chi connectivity index (χ0) is 48.1. The minimum atomic E-state index is -3.99. The van der Waals surface area contributed by atoms with Gasteiger partial charge in [-0.25, -0.2) is 17.4 Å². The van der Waals surface area contributed by atoms with Crippen LogP contribution in [0, 0.1) is 6.92 Å². The van der Waals surface area contributed by atoms with Gasteiger partial charge in [0.1, 0.15) is 18.5 Å². The molecule has 1 amide bonds. The van der Waals surface area contributed by atoms with E-state index in [0.29, 0.717) is 38.1 Å². The van der Waals surface area contributed by atoms with Crippen LogP contribution in [0.15, 0.2) is 119 Å². The summed E-state index contributed by atoms with van der Waals surface area (Å²) < 4.78 is 66.1. The first-order valence-electron chi connectivity index (χ1n) is 21.1. The number of carbonyl (C=O) groups is 4. The summed E-state index contributed by atoms with van der Waals surface area (Å²) in [4.78, 5) is 63.3. The Labute approximate surface area is 397 Å². The molecule has 1 saturated heterocycles. The highest BCUT2D eigenvalue weighted by molar-refractivity contribution is 9.10. The maximum absolute atomic E-state index is 14.0. The van der Waals surface area contributed by atoms with Crippen molar-refractivity contribution in [1.82, 2.24) is 23.5 Å². The van der Waals surface area contributed by atoms with Gasteiger partial charge in [0, 0.05) is 54.6 Å². The largest absolute Gasteiger partial charge is 0.484 e. The van der Waals surface area contributed by atoms with Crippen LogP contribution in [0.4, 0.5) is 17.2 Å². The van der Waals surface area contributed by atoms with Gasteiger partial charge in [0.05, 0.1) is 23.3 Å². The highest BCUT2D eigenvalue weighted by Crippen LogP contribution is 2.38. The fourth-order valence-electron chi connectivity index (χ4n) is 7.50.